The maximum absolute atomic E-state index is 12.1. The summed E-state index contributed by atoms with van der Waals surface area (Å²) in [6.07, 6.45) is 1.56. The number of ether oxygens (including phenoxy) is 1. The molecule has 4 nitrogen and oxygen atoms in total. The Morgan fingerprint density at radius 1 is 1.07 bits per heavy atom. The molecule has 0 aliphatic rings. The molecule has 0 unspecified atom stereocenters. The van der Waals surface area contributed by atoms with E-state index in [1.54, 1.807) is 42.6 Å². The van der Waals surface area contributed by atoms with Crippen LogP contribution in [0.25, 0.3) is 0 Å². The molecular weight excluding hydrogens is 360 g/mol. The summed E-state index contributed by atoms with van der Waals surface area (Å²) < 4.78 is 5.76. The molecule has 0 aliphatic heterocycles. The minimum absolute atomic E-state index is 0.287. The zero-order chi connectivity index (χ0) is 19.1. The number of carbonyl (C=O) groups excluding carboxylic acids is 1. The molecule has 0 fully saturated rings. The van der Waals surface area contributed by atoms with Gasteiger partial charge < -0.3 is 4.74 Å². The van der Waals surface area contributed by atoms with Crippen LogP contribution in [0, 0.1) is 6.92 Å². The van der Waals surface area contributed by atoms with Crippen LogP contribution in [-0.4, -0.2) is 12.1 Å². The standard InChI is InChI=1S/C22H19ClN2O2/c1-16-3-2-4-18(13-16)15-27-21-11-7-19(8-12-21)22(26)25-24-14-17-5-9-20(23)10-6-17/h2-14H,15H2,1H3,(H,25,26)/b24-14-. The van der Waals surface area contributed by atoms with Gasteiger partial charge in [0.25, 0.3) is 5.91 Å². The maximum atomic E-state index is 12.1. The molecule has 0 aromatic heterocycles. The van der Waals surface area contributed by atoms with Crippen LogP contribution in [-0.2, 0) is 6.61 Å². The van der Waals surface area contributed by atoms with Crippen molar-refractivity contribution in [2.24, 2.45) is 5.10 Å². The second-order valence-corrected chi connectivity index (χ2v) is 6.49. The molecule has 3 aromatic rings. The van der Waals surface area contributed by atoms with Gasteiger partial charge in [0, 0.05) is 10.6 Å². The number of nitrogens with zero attached hydrogens (tertiary/aromatic N) is 1. The van der Waals surface area contributed by atoms with E-state index in [9.17, 15) is 4.79 Å². The molecule has 3 aromatic carbocycles. The van der Waals surface area contributed by atoms with Gasteiger partial charge in [0.2, 0.25) is 0 Å². The summed E-state index contributed by atoms with van der Waals surface area (Å²) in [5, 5.41) is 4.61. The van der Waals surface area contributed by atoms with Crippen molar-refractivity contribution in [3.05, 3.63) is 100 Å². The molecule has 5 heteroatoms. The summed E-state index contributed by atoms with van der Waals surface area (Å²) in [4.78, 5) is 12.1. The van der Waals surface area contributed by atoms with Crippen molar-refractivity contribution in [1.82, 2.24) is 5.43 Å². The minimum Gasteiger partial charge on any atom is -0.489 e. The fraction of sp³-hybridized carbons (Fsp3) is 0.0909. The van der Waals surface area contributed by atoms with E-state index in [2.05, 4.69) is 16.6 Å². The summed E-state index contributed by atoms with van der Waals surface area (Å²) in [6.45, 7) is 2.53. The molecular formula is C22H19ClN2O2. The third-order valence-corrected chi connectivity index (χ3v) is 4.11. The number of nitrogens with one attached hydrogen (secondary N) is 1. The molecule has 3 rings (SSSR count). The second kappa shape index (κ2) is 9.01. The molecule has 0 spiro atoms. The van der Waals surface area contributed by atoms with Gasteiger partial charge in [0.05, 0.1) is 6.21 Å². The average Bonchev–Trinajstić information content (AvgIpc) is 2.68. The normalized spacial score (nSPS) is 10.7. The molecule has 0 radical (unpaired) electrons. The van der Waals surface area contributed by atoms with Crippen LogP contribution in [0.3, 0.4) is 0 Å². The number of hydrogen-bond acceptors (Lipinski definition) is 3. The van der Waals surface area contributed by atoms with E-state index < -0.39 is 0 Å². The number of rotatable bonds is 6. The van der Waals surface area contributed by atoms with Crippen LogP contribution >= 0.6 is 11.6 Å². The highest BCUT2D eigenvalue weighted by molar-refractivity contribution is 6.30. The highest BCUT2D eigenvalue weighted by atomic mass is 35.5. The lowest BCUT2D eigenvalue weighted by Crippen LogP contribution is -2.17. The Labute approximate surface area is 163 Å². The van der Waals surface area contributed by atoms with Crippen LogP contribution in [0.4, 0.5) is 0 Å². The Kier molecular flexibility index (Phi) is 6.23. The SMILES string of the molecule is Cc1cccc(COc2ccc(C(=O)N/N=C\c3ccc(Cl)cc3)cc2)c1. The number of aryl methyl sites for hydroxylation is 1. The molecule has 0 bridgehead atoms. The number of benzene rings is 3. The Bertz CT molecular complexity index is 935. The number of carbonyl (C=O) groups is 1. The van der Waals surface area contributed by atoms with Gasteiger partial charge in [-0.25, -0.2) is 5.43 Å². The van der Waals surface area contributed by atoms with Crippen molar-refractivity contribution < 1.29 is 9.53 Å². The van der Waals surface area contributed by atoms with Gasteiger partial charge in [0.1, 0.15) is 12.4 Å². The quantitative estimate of drug-likeness (QED) is 0.485. The van der Waals surface area contributed by atoms with E-state index in [0.717, 1.165) is 11.1 Å². The lowest BCUT2D eigenvalue weighted by Gasteiger charge is -2.07. The van der Waals surface area contributed by atoms with Crippen molar-refractivity contribution in [2.45, 2.75) is 13.5 Å². The summed E-state index contributed by atoms with van der Waals surface area (Å²) in [5.74, 6) is 0.420. The van der Waals surface area contributed by atoms with Gasteiger partial charge in [-0.05, 0) is 54.4 Å². The largest absolute Gasteiger partial charge is 0.489 e. The summed E-state index contributed by atoms with van der Waals surface area (Å²) in [5.41, 5.74) is 6.16. The highest BCUT2D eigenvalue weighted by Gasteiger charge is 2.04. The van der Waals surface area contributed by atoms with E-state index >= 15 is 0 Å². The van der Waals surface area contributed by atoms with Crippen LogP contribution in [0.1, 0.15) is 27.0 Å². The first-order valence-corrected chi connectivity index (χ1v) is 8.85. The van der Waals surface area contributed by atoms with Crippen LogP contribution < -0.4 is 10.2 Å². The summed E-state index contributed by atoms with van der Waals surface area (Å²) in [6, 6.07) is 22.3. The first kappa shape index (κ1) is 18.7. The van der Waals surface area contributed by atoms with Crippen molar-refractivity contribution in [3.8, 4) is 5.75 Å². The van der Waals surface area contributed by atoms with Gasteiger partial charge in [-0.2, -0.15) is 5.10 Å². The topological polar surface area (TPSA) is 50.7 Å². The fourth-order valence-electron chi connectivity index (χ4n) is 2.45. The molecule has 1 N–H and O–H groups in total. The predicted molar refractivity (Wildman–Crippen MR) is 108 cm³/mol. The molecule has 136 valence electrons. The molecule has 1 amide bonds. The van der Waals surface area contributed by atoms with Crippen molar-refractivity contribution >= 4 is 23.7 Å². The van der Waals surface area contributed by atoms with E-state index in [0.29, 0.717) is 22.9 Å². The van der Waals surface area contributed by atoms with Crippen LogP contribution in [0.15, 0.2) is 77.9 Å². The number of hydrogen-bond donors (Lipinski definition) is 1. The summed E-state index contributed by atoms with van der Waals surface area (Å²) in [7, 11) is 0. The third-order valence-electron chi connectivity index (χ3n) is 3.85. The number of hydrazone groups is 1. The van der Waals surface area contributed by atoms with Gasteiger partial charge in [0.15, 0.2) is 0 Å². The van der Waals surface area contributed by atoms with E-state index in [-0.39, 0.29) is 5.91 Å². The van der Waals surface area contributed by atoms with Gasteiger partial charge in [-0.3, -0.25) is 4.79 Å². The third kappa shape index (κ3) is 5.69. The van der Waals surface area contributed by atoms with Crippen LogP contribution in [0.2, 0.25) is 5.02 Å². The predicted octanol–water partition coefficient (Wildman–Crippen LogP) is 4.99. The zero-order valence-electron chi connectivity index (χ0n) is 14.9. The van der Waals surface area contributed by atoms with E-state index in [1.807, 2.05) is 37.3 Å². The molecule has 0 saturated carbocycles. The maximum Gasteiger partial charge on any atom is 0.271 e. The second-order valence-electron chi connectivity index (χ2n) is 6.05. The van der Waals surface area contributed by atoms with Gasteiger partial charge in [-0.15, -0.1) is 0 Å². The Hall–Kier alpha value is -3.11. The van der Waals surface area contributed by atoms with Gasteiger partial charge >= 0.3 is 0 Å². The lowest BCUT2D eigenvalue weighted by molar-refractivity contribution is 0.0955. The highest BCUT2D eigenvalue weighted by Crippen LogP contribution is 2.15. The van der Waals surface area contributed by atoms with Crippen molar-refractivity contribution in [2.75, 3.05) is 0 Å². The lowest BCUT2D eigenvalue weighted by atomic mass is 10.1. The molecule has 27 heavy (non-hydrogen) atoms. The van der Waals surface area contributed by atoms with Crippen LogP contribution in [0.5, 0.6) is 5.75 Å². The zero-order valence-corrected chi connectivity index (χ0v) is 15.6. The first-order chi connectivity index (χ1) is 13.1. The summed E-state index contributed by atoms with van der Waals surface area (Å²) >= 11 is 5.83. The smallest absolute Gasteiger partial charge is 0.271 e. The number of halogens is 1. The Morgan fingerprint density at radius 2 is 1.81 bits per heavy atom. The average molecular weight is 379 g/mol. The minimum atomic E-state index is -0.287. The van der Waals surface area contributed by atoms with Crippen molar-refractivity contribution in [1.29, 1.82) is 0 Å². The Morgan fingerprint density at radius 3 is 2.52 bits per heavy atom. The fourth-order valence-corrected chi connectivity index (χ4v) is 2.58. The molecule has 0 aliphatic carbocycles. The van der Waals surface area contributed by atoms with E-state index in [1.165, 1.54) is 5.56 Å². The molecule has 0 atom stereocenters. The number of amides is 1. The van der Waals surface area contributed by atoms with E-state index in [4.69, 9.17) is 16.3 Å². The molecule has 0 heterocycles. The van der Waals surface area contributed by atoms with Gasteiger partial charge in [-0.1, -0.05) is 53.6 Å². The van der Waals surface area contributed by atoms with Crippen molar-refractivity contribution in [3.63, 3.8) is 0 Å². The first-order valence-electron chi connectivity index (χ1n) is 8.47. The Balaban J connectivity index is 1.53. The molecule has 0 saturated heterocycles. The monoisotopic (exact) mass is 378 g/mol.